The van der Waals surface area contributed by atoms with Crippen LogP contribution < -0.4 is 5.32 Å². The number of carboxylic acid groups (broad SMARTS) is 1. The highest BCUT2D eigenvalue weighted by atomic mass is 32.1. The third-order valence-electron chi connectivity index (χ3n) is 1.98. The van der Waals surface area contributed by atoms with Crippen molar-refractivity contribution in [3.63, 3.8) is 0 Å². The molecule has 6 nitrogen and oxygen atoms in total. The molecule has 1 amide bonds. The Kier molecular flexibility index (Phi) is 3.58. The van der Waals surface area contributed by atoms with Crippen LogP contribution in [-0.2, 0) is 4.79 Å². The highest BCUT2D eigenvalue weighted by Crippen LogP contribution is 2.19. The van der Waals surface area contributed by atoms with E-state index in [1.165, 1.54) is 6.20 Å². The van der Waals surface area contributed by atoms with Crippen molar-refractivity contribution in [2.75, 3.05) is 0 Å². The zero-order valence-corrected chi connectivity index (χ0v) is 10.0. The number of carbonyl (C=O) groups excluding carboxylic acids is 1. The Labute approximate surface area is 97.0 Å². The van der Waals surface area contributed by atoms with Gasteiger partial charge < -0.3 is 10.4 Å². The summed E-state index contributed by atoms with van der Waals surface area (Å²) in [5.74, 6) is -1.58. The van der Waals surface area contributed by atoms with Crippen LogP contribution in [0.15, 0.2) is 6.20 Å². The number of carbonyl (C=O) groups is 2. The Balaban J connectivity index is 2.78. The molecule has 0 aromatic carbocycles. The molecule has 1 unspecified atom stereocenters. The predicted octanol–water partition coefficient (Wildman–Crippen LogP) is 0.767. The first-order chi connectivity index (χ1) is 7.32. The van der Waals surface area contributed by atoms with Crippen molar-refractivity contribution in [1.29, 1.82) is 0 Å². The van der Waals surface area contributed by atoms with Gasteiger partial charge in [-0.3, -0.25) is 4.79 Å². The van der Waals surface area contributed by atoms with Crippen molar-refractivity contribution < 1.29 is 14.7 Å². The Morgan fingerprint density at radius 2 is 2.12 bits per heavy atom. The van der Waals surface area contributed by atoms with Gasteiger partial charge in [0, 0.05) is 0 Å². The lowest BCUT2D eigenvalue weighted by Gasteiger charge is -2.27. The van der Waals surface area contributed by atoms with Crippen molar-refractivity contribution in [2.24, 2.45) is 5.41 Å². The maximum atomic E-state index is 11.6. The maximum absolute atomic E-state index is 11.6. The standard InChI is InChI=1S/C9H13N3O3S/c1-9(2,3)6(8(14)15)11-7(13)5-4-10-16-12-5/h4,6H,1-3H3,(H,11,13)(H,14,15). The Morgan fingerprint density at radius 1 is 1.50 bits per heavy atom. The van der Waals surface area contributed by atoms with E-state index in [2.05, 4.69) is 14.1 Å². The second-order valence-electron chi connectivity index (χ2n) is 4.40. The highest BCUT2D eigenvalue weighted by molar-refractivity contribution is 6.99. The SMILES string of the molecule is CC(C)(C)C(NC(=O)c1cnsn1)C(=O)O. The molecule has 0 bridgehead atoms. The summed E-state index contributed by atoms with van der Waals surface area (Å²) >= 11 is 0.903. The minimum Gasteiger partial charge on any atom is -0.480 e. The van der Waals surface area contributed by atoms with E-state index in [9.17, 15) is 9.59 Å². The fourth-order valence-corrected chi connectivity index (χ4v) is 1.53. The molecular weight excluding hydrogens is 230 g/mol. The van der Waals surface area contributed by atoms with E-state index in [0.717, 1.165) is 11.7 Å². The molecule has 0 saturated carbocycles. The average Bonchev–Trinajstić information content (AvgIpc) is 2.63. The molecule has 88 valence electrons. The van der Waals surface area contributed by atoms with Crippen LogP contribution in [0.3, 0.4) is 0 Å². The quantitative estimate of drug-likeness (QED) is 0.818. The van der Waals surface area contributed by atoms with Gasteiger partial charge in [0.1, 0.15) is 6.04 Å². The topological polar surface area (TPSA) is 92.2 Å². The van der Waals surface area contributed by atoms with Gasteiger partial charge >= 0.3 is 5.97 Å². The normalized spacial score (nSPS) is 13.2. The lowest BCUT2D eigenvalue weighted by Crippen LogP contribution is -2.49. The second-order valence-corrected chi connectivity index (χ2v) is 4.96. The molecule has 1 atom stereocenters. The van der Waals surface area contributed by atoms with Crippen molar-refractivity contribution in [1.82, 2.24) is 14.1 Å². The van der Waals surface area contributed by atoms with Crippen molar-refractivity contribution in [3.05, 3.63) is 11.9 Å². The Bertz CT molecular complexity index is 383. The molecule has 1 rings (SSSR count). The van der Waals surface area contributed by atoms with E-state index in [1.807, 2.05) is 0 Å². The average molecular weight is 243 g/mol. The summed E-state index contributed by atoms with van der Waals surface area (Å²) in [6.07, 6.45) is 1.31. The van der Waals surface area contributed by atoms with E-state index in [1.54, 1.807) is 20.8 Å². The maximum Gasteiger partial charge on any atom is 0.326 e. The summed E-state index contributed by atoms with van der Waals surface area (Å²) in [6, 6.07) is -0.957. The number of amides is 1. The molecule has 0 saturated heterocycles. The van der Waals surface area contributed by atoms with Crippen molar-refractivity contribution in [3.8, 4) is 0 Å². The van der Waals surface area contributed by atoms with Gasteiger partial charge in [-0.1, -0.05) is 20.8 Å². The summed E-state index contributed by atoms with van der Waals surface area (Å²) in [5, 5.41) is 11.4. The molecule has 0 fully saturated rings. The third kappa shape index (κ3) is 2.99. The molecule has 16 heavy (non-hydrogen) atoms. The molecule has 1 aromatic rings. The van der Waals surface area contributed by atoms with E-state index < -0.39 is 23.3 Å². The van der Waals surface area contributed by atoms with Crippen LogP contribution in [0, 0.1) is 5.41 Å². The number of aliphatic carboxylic acids is 1. The first-order valence-electron chi connectivity index (χ1n) is 4.63. The molecule has 0 radical (unpaired) electrons. The lowest BCUT2D eigenvalue weighted by atomic mass is 9.87. The fraction of sp³-hybridized carbons (Fsp3) is 0.556. The van der Waals surface area contributed by atoms with Gasteiger partial charge in [0.2, 0.25) is 0 Å². The molecule has 0 spiro atoms. The molecule has 0 aliphatic carbocycles. The van der Waals surface area contributed by atoms with Crippen LogP contribution >= 0.6 is 11.7 Å². The first kappa shape index (κ1) is 12.6. The van der Waals surface area contributed by atoms with Crippen LogP contribution in [0.2, 0.25) is 0 Å². The molecule has 1 aromatic heterocycles. The van der Waals surface area contributed by atoms with Crippen LogP contribution in [0.4, 0.5) is 0 Å². The summed E-state index contributed by atoms with van der Waals surface area (Å²) < 4.78 is 7.42. The fourth-order valence-electron chi connectivity index (χ4n) is 1.12. The lowest BCUT2D eigenvalue weighted by molar-refractivity contribution is -0.142. The van der Waals surface area contributed by atoms with Crippen LogP contribution in [0.1, 0.15) is 31.3 Å². The number of nitrogens with one attached hydrogen (secondary N) is 1. The highest BCUT2D eigenvalue weighted by Gasteiger charge is 2.33. The molecule has 0 aliphatic heterocycles. The summed E-state index contributed by atoms with van der Waals surface area (Å²) in [5.41, 5.74) is -0.425. The minimum atomic E-state index is -1.07. The largest absolute Gasteiger partial charge is 0.480 e. The first-order valence-corrected chi connectivity index (χ1v) is 5.36. The van der Waals surface area contributed by atoms with Crippen molar-refractivity contribution in [2.45, 2.75) is 26.8 Å². The minimum absolute atomic E-state index is 0.139. The Hall–Kier alpha value is -1.50. The van der Waals surface area contributed by atoms with E-state index >= 15 is 0 Å². The monoisotopic (exact) mass is 243 g/mol. The van der Waals surface area contributed by atoms with Gasteiger partial charge in [-0.25, -0.2) is 4.79 Å². The van der Waals surface area contributed by atoms with Crippen LogP contribution in [0.25, 0.3) is 0 Å². The number of nitrogens with zero attached hydrogens (tertiary/aromatic N) is 2. The molecule has 1 heterocycles. The second kappa shape index (κ2) is 4.56. The van der Waals surface area contributed by atoms with Crippen molar-refractivity contribution >= 4 is 23.6 Å². The summed E-state index contributed by atoms with van der Waals surface area (Å²) in [6.45, 7) is 5.22. The zero-order chi connectivity index (χ0) is 12.3. The molecule has 7 heteroatoms. The number of carboxylic acids is 1. The van der Waals surface area contributed by atoms with Gasteiger partial charge in [-0.2, -0.15) is 8.75 Å². The Morgan fingerprint density at radius 3 is 2.50 bits per heavy atom. The number of hydrogen-bond acceptors (Lipinski definition) is 5. The number of aromatic nitrogens is 2. The number of rotatable bonds is 3. The van der Waals surface area contributed by atoms with Gasteiger partial charge in [-0.05, 0) is 5.41 Å². The van der Waals surface area contributed by atoms with Crippen LogP contribution in [0.5, 0.6) is 0 Å². The summed E-state index contributed by atoms with van der Waals surface area (Å²) in [7, 11) is 0. The van der Waals surface area contributed by atoms with E-state index in [4.69, 9.17) is 5.11 Å². The predicted molar refractivity (Wildman–Crippen MR) is 58.3 cm³/mol. The third-order valence-corrected chi connectivity index (χ3v) is 2.46. The molecular formula is C9H13N3O3S. The van der Waals surface area contributed by atoms with E-state index in [0.29, 0.717) is 0 Å². The molecule has 2 N–H and O–H groups in total. The van der Waals surface area contributed by atoms with Gasteiger partial charge in [0.15, 0.2) is 5.69 Å². The van der Waals surface area contributed by atoms with Gasteiger partial charge in [0.25, 0.3) is 5.91 Å². The number of hydrogen-bond donors (Lipinski definition) is 2. The van der Waals surface area contributed by atoms with Crippen LogP contribution in [-0.4, -0.2) is 31.8 Å². The van der Waals surface area contributed by atoms with Gasteiger partial charge in [-0.15, -0.1) is 0 Å². The zero-order valence-electron chi connectivity index (χ0n) is 9.22. The molecule has 0 aliphatic rings. The van der Waals surface area contributed by atoms with Gasteiger partial charge in [0.05, 0.1) is 17.9 Å². The summed E-state index contributed by atoms with van der Waals surface area (Å²) in [4.78, 5) is 22.6. The smallest absolute Gasteiger partial charge is 0.326 e. The van der Waals surface area contributed by atoms with E-state index in [-0.39, 0.29) is 5.69 Å².